The van der Waals surface area contributed by atoms with Crippen LogP contribution in [0.3, 0.4) is 0 Å². The third-order valence-electron chi connectivity index (χ3n) is 2.86. The van der Waals surface area contributed by atoms with Crippen LogP contribution in [-0.4, -0.2) is 11.2 Å². The predicted octanol–water partition coefficient (Wildman–Crippen LogP) is 3.20. The molecule has 0 atom stereocenters. The molecule has 0 saturated heterocycles. The highest BCUT2D eigenvalue weighted by Crippen LogP contribution is 2.28. The van der Waals surface area contributed by atoms with Gasteiger partial charge in [-0.1, -0.05) is 0 Å². The molecule has 6 nitrogen and oxygen atoms in total. The lowest BCUT2D eigenvalue weighted by Gasteiger charge is -2.09. The summed E-state index contributed by atoms with van der Waals surface area (Å²) in [6, 6.07) is 6.26. The molecular formula is C14H13NO5. The van der Waals surface area contributed by atoms with Gasteiger partial charge in [0.25, 0.3) is 5.69 Å². The van der Waals surface area contributed by atoms with Crippen molar-refractivity contribution in [2.24, 2.45) is 0 Å². The van der Waals surface area contributed by atoms with Gasteiger partial charge in [0.2, 0.25) is 0 Å². The molecule has 0 aliphatic rings. The number of ether oxygens (including phenoxy) is 1. The minimum absolute atomic E-state index is 0.0126. The van der Waals surface area contributed by atoms with E-state index in [4.69, 9.17) is 9.15 Å². The van der Waals surface area contributed by atoms with E-state index in [9.17, 15) is 14.9 Å². The van der Waals surface area contributed by atoms with Crippen molar-refractivity contribution < 1.29 is 18.9 Å². The molecule has 20 heavy (non-hydrogen) atoms. The zero-order valence-electron chi connectivity index (χ0n) is 11.1. The molecule has 0 fully saturated rings. The second kappa shape index (κ2) is 5.56. The van der Waals surface area contributed by atoms with E-state index >= 15 is 0 Å². The molecule has 2 aromatic rings. The highest BCUT2D eigenvalue weighted by molar-refractivity contribution is 5.70. The number of nitro groups is 1. The summed E-state index contributed by atoms with van der Waals surface area (Å²) in [7, 11) is 0. The van der Waals surface area contributed by atoms with E-state index < -0.39 is 4.92 Å². The van der Waals surface area contributed by atoms with Crippen molar-refractivity contribution in [1.82, 2.24) is 0 Å². The number of nitro benzene ring substituents is 1. The number of carbonyl (C=O) groups excluding carboxylic acids is 1. The molecular weight excluding hydrogens is 262 g/mol. The Morgan fingerprint density at radius 2 is 2.05 bits per heavy atom. The molecule has 0 N–H and O–H groups in total. The summed E-state index contributed by atoms with van der Waals surface area (Å²) in [4.78, 5) is 20.9. The topological polar surface area (TPSA) is 82.6 Å². The number of hydrogen-bond donors (Lipinski definition) is 0. The van der Waals surface area contributed by atoms with Crippen molar-refractivity contribution in [2.45, 2.75) is 20.5 Å². The van der Waals surface area contributed by atoms with Crippen molar-refractivity contribution in [3.63, 3.8) is 0 Å². The summed E-state index contributed by atoms with van der Waals surface area (Å²) in [6.45, 7) is 3.59. The Morgan fingerprint density at radius 3 is 2.65 bits per heavy atom. The van der Waals surface area contributed by atoms with Crippen LogP contribution in [0.1, 0.15) is 27.4 Å². The Kier molecular flexibility index (Phi) is 3.84. The Morgan fingerprint density at radius 1 is 1.30 bits per heavy atom. The molecule has 0 bridgehead atoms. The zero-order valence-corrected chi connectivity index (χ0v) is 11.1. The molecule has 0 aliphatic carbocycles. The third kappa shape index (κ3) is 2.85. The van der Waals surface area contributed by atoms with Gasteiger partial charge in [0.05, 0.1) is 11.0 Å². The zero-order chi connectivity index (χ0) is 14.7. The van der Waals surface area contributed by atoms with Crippen molar-refractivity contribution in [3.8, 4) is 5.75 Å². The summed E-state index contributed by atoms with van der Waals surface area (Å²) < 4.78 is 10.7. The Hall–Kier alpha value is -2.63. The molecule has 0 amide bonds. The van der Waals surface area contributed by atoms with E-state index in [0.29, 0.717) is 23.4 Å². The first-order chi connectivity index (χ1) is 9.51. The SMILES string of the molecule is Cc1cc(C)c([N+](=O)[O-])cc1OCc1ccc(C=O)o1. The quantitative estimate of drug-likeness (QED) is 0.475. The molecule has 0 spiro atoms. The molecule has 104 valence electrons. The van der Waals surface area contributed by atoms with Crippen LogP contribution in [0, 0.1) is 24.0 Å². The van der Waals surface area contributed by atoms with Gasteiger partial charge in [-0.3, -0.25) is 14.9 Å². The highest BCUT2D eigenvalue weighted by atomic mass is 16.6. The minimum atomic E-state index is -0.445. The normalized spacial score (nSPS) is 10.3. The van der Waals surface area contributed by atoms with Crippen LogP contribution in [-0.2, 0) is 6.61 Å². The Bertz CT molecular complexity index is 660. The monoisotopic (exact) mass is 275 g/mol. The standard InChI is InChI=1S/C14H13NO5/c1-9-5-10(2)14(6-13(9)15(17)18)19-8-12-4-3-11(7-16)20-12/h3-7H,8H2,1-2H3. The van der Waals surface area contributed by atoms with Gasteiger partial charge < -0.3 is 9.15 Å². The maximum Gasteiger partial charge on any atom is 0.276 e. The van der Waals surface area contributed by atoms with Crippen LogP contribution >= 0.6 is 0 Å². The summed E-state index contributed by atoms with van der Waals surface area (Å²) in [5, 5.41) is 10.9. The summed E-state index contributed by atoms with van der Waals surface area (Å²) in [6.07, 6.45) is 0.603. The molecule has 0 saturated carbocycles. The fourth-order valence-electron chi connectivity index (χ4n) is 1.86. The second-order valence-electron chi connectivity index (χ2n) is 4.37. The highest BCUT2D eigenvalue weighted by Gasteiger charge is 2.14. The number of rotatable bonds is 5. The largest absolute Gasteiger partial charge is 0.485 e. The maximum absolute atomic E-state index is 10.9. The van der Waals surface area contributed by atoms with Gasteiger partial charge in [0.1, 0.15) is 18.1 Å². The fraction of sp³-hybridized carbons (Fsp3) is 0.214. The van der Waals surface area contributed by atoms with Gasteiger partial charge in [-0.2, -0.15) is 0 Å². The van der Waals surface area contributed by atoms with Crippen LogP contribution in [0.5, 0.6) is 5.75 Å². The second-order valence-corrected chi connectivity index (χ2v) is 4.37. The van der Waals surface area contributed by atoms with Crippen LogP contribution in [0.2, 0.25) is 0 Å². The predicted molar refractivity (Wildman–Crippen MR) is 71.0 cm³/mol. The lowest BCUT2D eigenvalue weighted by molar-refractivity contribution is -0.385. The van der Waals surface area contributed by atoms with Gasteiger partial charge >= 0.3 is 0 Å². The van der Waals surface area contributed by atoms with Crippen molar-refractivity contribution in [3.05, 3.63) is 57.0 Å². The number of aryl methyl sites for hydroxylation is 2. The number of hydrogen-bond acceptors (Lipinski definition) is 5. The molecule has 1 aromatic heterocycles. The van der Waals surface area contributed by atoms with Gasteiger partial charge in [-0.15, -0.1) is 0 Å². The molecule has 0 aliphatic heterocycles. The smallest absolute Gasteiger partial charge is 0.276 e. The summed E-state index contributed by atoms with van der Waals surface area (Å²) >= 11 is 0. The fourth-order valence-corrected chi connectivity index (χ4v) is 1.86. The third-order valence-corrected chi connectivity index (χ3v) is 2.86. The van der Waals surface area contributed by atoms with Gasteiger partial charge in [0.15, 0.2) is 12.0 Å². The van der Waals surface area contributed by atoms with E-state index in [1.54, 1.807) is 19.1 Å². The van der Waals surface area contributed by atoms with Gasteiger partial charge in [-0.25, -0.2) is 0 Å². The molecule has 6 heteroatoms. The first kappa shape index (κ1) is 13.8. The van der Waals surface area contributed by atoms with Gasteiger partial charge in [0, 0.05) is 5.56 Å². The van der Waals surface area contributed by atoms with Crippen molar-refractivity contribution in [1.29, 1.82) is 0 Å². The lowest BCUT2D eigenvalue weighted by Crippen LogP contribution is -1.99. The minimum Gasteiger partial charge on any atom is -0.485 e. The van der Waals surface area contributed by atoms with Crippen molar-refractivity contribution in [2.75, 3.05) is 0 Å². The number of carbonyl (C=O) groups is 1. The number of aldehydes is 1. The molecule has 0 radical (unpaired) electrons. The Balaban J connectivity index is 2.18. The van der Waals surface area contributed by atoms with E-state index in [1.165, 1.54) is 12.1 Å². The first-order valence-electron chi connectivity index (χ1n) is 5.93. The van der Waals surface area contributed by atoms with Crippen LogP contribution in [0.4, 0.5) is 5.69 Å². The molecule has 2 rings (SSSR count). The van der Waals surface area contributed by atoms with Crippen LogP contribution in [0.15, 0.2) is 28.7 Å². The van der Waals surface area contributed by atoms with Gasteiger partial charge in [-0.05, 0) is 37.6 Å². The molecule has 0 unspecified atom stereocenters. The lowest BCUT2D eigenvalue weighted by atomic mass is 10.1. The van der Waals surface area contributed by atoms with E-state index in [0.717, 1.165) is 5.56 Å². The van der Waals surface area contributed by atoms with E-state index in [-0.39, 0.29) is 18.1 Å². The maximum atomic E-state index is 10.9. The number of nitrogens with zero attached hydrogens (tertiary/aromatic N) is 1. The average molecular weight is 275 g/mol. The first-order valence-corrected chi connectivity index (χ1v) is 5.93. The van der Waals surface area contributed by atoms with Crippen molar-refractivity contribution >= 4 is 12.0 Å². The van der Waals surface area contributed by atoms with Crippen LogP contribution < -0.4 is 4.74 Å². The summed E-state index contributed by atoms with van der Waals surface area (Å²) in [5.41, 5.74) is 1.40. The van der Waals surface area contributed by atoms with E-state index in [1.807, 2.05) is 6.92 Å². The van der Waals surface area contributed by atoms with Crippen LogP contribution in [0.25, 0.3) is 0 Å². The Labute approximate surface area is 115 Å². The molecule has 1 heterocycles. The van der Waals surface area contributed by atoms with E-state index in [2.05, 4.69) is 0 Å². The summed E-state index contributed by atoms with van der Waals surface area (Å²) in [5.74, 6) is 1.12. The number of furan rings is 1. The molecule has 1 aromatic carbocycles. The average Bonchev–Trinajstić information content (AvgIpc) is 2.85. The number of benzene rings is 1.